The Labute approximate surface area is 98.1 Å². The molecule has 6 nitrogen and oxygen atoms in total. The molecular weight excluding hydrogens is 222 g/mol. The topological polar surface area (TPSA) is 93.4 Å². The van der Waals surface area contributed by atoms with Gasteiger partial charge in [0.25, 0.3) is 0 Å². The predicted octanol–water partition coefficient (Wildman–Crippen LogP) is 0.789. The Morgan fingerprint density at radius 1 is 1.53 bits per heavy atom. The van der Waals surface area contributed by atoms with Gasteiger partial charge in [0.1, 0.15) is 6.54 Å². The third kappa shape index (κ3) is 3.50. The molecule has 0 unspecified atom stereocenters. The van der Waals surface area contributed by atoms with Crippen molar-refractivity contribution in [2.24, 2.45) is 0 Å². The second-order valence-corrected chi connectivity index (χ2v) is 3.27. The lowest BCUT2D eigenvalue weighted by Crippen LogP contribution is -2.39. The third-order valence-corrected chi connectivity index (χ3v) is 2.06. The average molecular weight is 233 g/mol. The molecule has 6 heteroatoms. The number of carboxylic acid groups (broad SMARTS) is 1. The second-order valence-electron chi connectivity index (χ2n) is 3.27. The molecule has 88 valence electrons. The van der Waals surface area contributed by atoms with Crippen molar-refractivity contribution in [2.45, 2.75) is 0 Å². The first-order valence-electron chi connectivity index (χ1n) is 4.78. The van der Waals surface area contributed by atoms with Crippen molar-refractivity contribution in [3.63, 3.8) is 0 Å². The molecule has 0 aliphatic rings. The fourth-order valence-electron chi connectivity index (χ4n) is 1.17. The molecule has 0 saturated carbocycles. The van der Waals surface area contributed by atoms with Gasteiger partial charge in [-0.15, -0.1) is 0 Å². The van der Waals surface area contributed by atoms with Crippen LogP contribution in [0.2, 0.25) is 0 Å². The largest absolute Gasteiger partial charge is 0.480 e. The van der Waals surface area contributed by atoms with Crippen LogP contribution in [0.4, 0.5) is 10.5 Å². The highest BCUT2D eigenvalue weighted by Gasteiger charge is 2.11. The van der Waals surface area contributed by atoms with E-state index in [4.69, 9.17) is 10.4 Å². The van der Waals surface area contributed by atoms with Crippen molar-refractivity contribution >= 4 is 17.7 Å². The average Bonchev–Trinajstić information content (AvgIpc) is 2.35. The Bertz CT molecular complexity index is 479. The van der Waals surface area contributed by atoms with Crippen molar-refractivity contribution in [1.82, 2.24) is 5.32 Å². The highest BCUT2D eigenvalue weighted by Crippen LogP contribution is 2.14. The molecule has 0 atom stereocenters. The first-order valence-corrected chi connectivity index (χ1v) is 4.78. The van der Waals surface area contributed by atoms with Crippen molar-refractivity contribution in [1.29, 1.82) is 5.26 Å². The van der Waals surface area contributed by atoms with Gasteiger partial charge in [0, 0.05) is 12.7 Å². The normalized spacial score (nSPS) is 9.18. The summed E-state index contributed by atoms with van der Waals surface area (Å²) >= 11 is 0. The number of nitriles is 1. The van der Waals surface area contributed by atoms with E-state index in [0.29, 0.717) is 11.3 Å². The summed E-state index contributed by atoms with van der Waals surface area (Å²) < 4.78 is 0. The zero-order valence-corrected chi connectivity index (χ0v) is 9.17. The van der Waals surface area contributed by atoms with Crippen LogP contribution in [0.25, 0.3) is 0 Å². The minimum atomic E-state index is -1.11. The number of rotatable bonds is 3. The molecule has 1 rings (SSSR count). The van der Waals surface area contributed by atoms with Crippen LogP contribution in [-0.4, -0.2) is 30.7 Å². The van der Waals surface area contributed by atoms with Crippen LogP contribution in [0.3, 0.4) is 0 Å². The van der Waals surface area contributed by atoms with Crippen molar-refractivity contribution in [2.75, 3.05) is 18.5 Å². The van der Waals surface area contributed by atoms with Gasteiger partial charge < -0.3 is 10.4 Å². The number of amides is 2. The molecule has 0 heterocycles. The highest BCUT2D eigenvalue weighted by molar-refractivity contribution is 5.93. The zero-order chi connectivity index (χ0) is 12.8. The number of nitrogens with zero attached hydrogens (tertiary/aromatic N) is 2. The molecular formula is C11H11N3O3. The maximum atomic E-state index is 11.5. The zero-order valence-electron chi connectivity index (χ0n) is 9.17. The Hall–Kier alpha value is -2.55. The summed E-state index contributed by atoms with van der Waals surface area (Å²) in [4.78, 5) is 23.0. The molecule has 0 spiro atoms. The van der Waals surface area contributed by atoms with Gasteiger partial charge in [-0.05, 0) is 18.2 Å². The molecule has 1 aromatic carbocycles. The number of carboxylic acids is 1. The van der Waals surface area contributed by atoms with Crippen LogP contribution in [0, 0.1) is 11.3 Å². The van der Waals surface area contributed by atoms with Gasteiger partial charge in [-0.25, -0.2) is 4.79 Å². The van der Waals surface area contributed by atoms with Crippen LogP contribution >= 0.6 is 0 Å². The smallest absolute Gasteiger partial charge is 0.323 e. The van der Waals surface area contributed by atoms with E-state index in [1.807, 2.05) is 6.07 Å². The van der Waals surface area contributed by atoms with E-state index in [-0.39, 0.29) is 0 Å². The summed E-state index contributed by atoms with van der Waals surface area (Å²) in [5.74, 6) is -1.11. The molecule has 0 fully saturated rings. The number of nitrogens with one attached hydrogen (secondary N) is 1. The fourth-order valence-corrected chi connectivity index (χ4v) is 1.17. The molecule has 0 aliphatic heterocycles. The van der Waals surface area contributed by atoms with E-state index in [1.54, 1.807) is 24.3 Å². The Kier molecular flexibility index (Phi) is 4.06. The van der Waals surface area contributed by atoms with Crippen molar-refractivity contribution < 1.29 is 14.7 Å². The van der Waals surface area contributed by atoms with Gasteiger partial charge in [-0.1, -0.05) is 6.07 Å². The highest BCUT2D eigenvalue weighted by atomic mass is 16.4. The Morgan fingerprint density at radius 3 is 2.82 bits per heavy atom. The van der Waals surface area contributed by atoms with E-state index < -0.39 is 18.5 Å². The molecule has 0 aliphatic carbocycles. The van der Waals surface area contributed by atoms with E-state index >= 15 is 0 Å². The van der Waals surface area contributed by atoms with Crippen LogP contribution < -0.4 is 10.2 Å². The van der Waals surface area contributed by atoms with E-state index in [2.05, 4.69) is 5.32 Å². The van der Waals surface area contributed by atoms with E-state index in [9.17, 15) is 9.59 Å². The van der Waals surface area contributed by atoms with Crippen LogP contribution in [0.1, 0.15) is 5.56 Å². The number of hydrogen-bond donors (Lipinski definition) is 2. The second kappa shape index (κ2) is 5.51. The molecule has 17 heavy (non-hydrogen) atoms. The van der Waals surface area contributed by atoms with Gasteiger partial charge in [0.15, 0.2) is 0 Å². The van der Waals surface area contributed by atoms with Crippen LogP contribution in [0.15, 0.2) is 24.3 Å². The van der Waals surface area contributed by atoms with Gasteiger partial charge in [0.05, 0.1) is 11.6 Å². The van der Waals surface area contributed by atoms with Crippen molar-refractivity contribution in [3.05, 3.63) is 29.8 Å². The number of anilines is 1. The van der Waals surface area contributed by atoms with E-state index in [0.717, 1.165) is 0 Å². The summed E-state index contributed by atoms with van der Waals surface area (Å²) in [7, 11) is 1.49. The Balaban J connectivity index is 2.75. The molecule has 0 radical (unpaired) electrons. The standard InChI is InChI=1S/C11H11N3O3/c1-14(11(17)13-7-10(15)16)9-4-2-3-8(5-9)6-12/h2-5H,7H2,1H3,(H,13,17)(H,15,16). The van der Waals surface area contributed by atoms with Crippen LogP contribution in [-0.2, 0) is 4.79 Å². The molecule has 1 aromatic rings. The quantitative estimate of drug-likeness (QED) is 0.807. The summed E-state index contributed by atoms with van der Waals surface area (Å²) in [6, 6.07) is 7.88. The van der Waals surface area contributed by atoms with Crippen LogP contribution in [0.5, 0.6) is 0 Å². The van der Waals surface area contributed by atoms with Gasteiger partial charge in [0.2, 0.25) is 0 Å². The lowest BCUT2D eigenvalue weighted by Gasteiger charge is -2.17. The minimum absolute atomic E-state index is 0.431. The van der Waals surface area contributed by atoms with Gasteiger partial charge >= 0.3 is 12.0 Å². The number of benzene rings is 1. The molecule has 2 amide bonds. The number of aliphatic carboxylic acids is 1. The number of hydrogen-bond acceptors (Lipinski definition) is 3. The molecule has 2 N–H and O–H groups in total. The molecule has 0 aromatic heterocycles. The fraction of sp³-hybridized carbons (Fsp3) is 0.182. The number of urea groups is 1. The lowest BCUT2D eigenvalue weighted by atomic mass is 10.2. The monoisotopic (exact) mass is 233 g/mol. The summed E-state index contributed by atoms with van der Waals surface area (Å²) in [6.07, 6.45) is 0. The number of carbonyl (C=O) groups is 2. The first-order chi connectivity index (χ1) is 8.04. The summed E-state index contributed by atoms with van der Waals surface area (Å²) in [5, 5.41) is 19.4. The molecule has 0 saturated heterocycles. The molecule has 0 bridgehead atoms. The van der Waals surface area contributed by atoms with Gasteiger partial charge in [-0.3, -0.25) is 9.69 Å². The maximum absolute atomic E-state index is 11.5. The predicted molar refractivity (Wildman–Crippen MR) is 60.6 cm³/mol. The lowest BCUT2D eigenvalue weighted by molar-refractivity contribution is -0.135. The van der Waals surface area contributed by atoms with Crippen molar-refractivity contribution in [3.8, 4) is 6.07 Å². The van der Waals surface area contributed by atoms with E-state index in [1.165, 1.54) is 11.9 Å². The SMILES string of the molecule is CN(C(=O)NCC(=O)O)c1cccc(C#N)c1. The summed E-state index contributed by atoms with van der Waals surface area (Å²) in [6.45, 7) is -0.443. The Morgan fingerprint density at radius 2 is 2.24 bits per heavy atom. The van der Waals surface area contributed by atoms with Gasteiger partial charge in [-0.2, -0.15) is 5.26 Å². The third-order valence-electron chi connectivity index (χ3n) is 2.06. The summed E-state index contributed by atoms with van der Waals surface area (Å²) in [5.41, 5.74) is 0.951. The number of carbonyl (C=O) groups excluding carboxylic acids is 1. The first kappa shape index (κ1) is 12.5. The maximum Gasteiger partial charge on any atom is 0.323 e. The minimum Gasteiger partial charge on any atom is -0.480 e.